The SMILES string of the molecule is CCNc1cc(C(C)C)nc(C2CC3CCC(C2)N3C)n1. The lowest BCUT2D eigenvalue weighted by atomic mass is 9.90. The van der Waals surface area contributed by atoms with Crippen molar-refractivity contribution in [2.24, 2.45) is 0 Å². The third-order valence-corrected chi connectivity index (χ3v) is 5.18. The van der Waals surface area contributed by atoms with E-state index in [-0.39, 0.29) is 0 Å². The zero-order valence-corrected chi connectivity index (χ0v) is 13.8. The Bertz CT molecular complexity index is 486. The van der Waals surface area contributed by atoms with E-state index < -0.39 is 0 Å². The first kappa shape index (κ1) is 14.8. The minimum atomic E-state index is 0.451. The highest BCUT2D eigenvalue weighted by Crippen LogP contribution is 2.41. The maximum atomic E-state index is 4.89. The van der Waals surface area contributed by atoms with E-state index in [1.165, 1.54) is 31.4 Å². The van der Waals surface area contributed by atoms with Gasteiger partial charge in [-0.1, -0.05) is 13.8 Å². The van der Waals surface area contributed by atoms with Crippen molar-refractivity contribution < 1.29 is 0 Å². The summed E-state index contributed by atoms with van der Waals surface area (Å²) in [7, 11) is 2.29. The van der Waals surface area contributed by atoms with Gasteiger partial charge in [0.1, 0.15) is 11.6 Å². The van der Waals surface area contributed by atoms with Gasteiger partial charge >= 0.3 is 0 Å². The molecule has 3 heterocycles. The zero-order valence-electron chi connectivity index (χ0n) is 13.8. The standard InChI is InChI=1S/C17H28N4/c1-5-18-16-10-15(11(2)3)19-17(20-16)12-8-13-6-7-14(9-12)21(13)4/h10-14H,5-9H2,1-4H3,(H,18,19,20). The van der Waals surface area contributed by atoms with E-state index in [4.69, 9.17) is 9.97 Å². The molecule has 116 valence electrons. The largest absolute Gasteiger partial charge is 0.370 e. The third-order valence-electron chi connectivity index (χ3n) is 5.18. The number of rotatable bonds is 4. The molecule has 2 aliphatic rings. The van der Waals surface area contributed by atoms with Crippen LogP contribution in [0.1, 0.15) is 69.8 Å². The number of fused-ring (bicyclic) bond motifs is 2. The molecule has 3 rings (SSSR count). The molecule has 4 nitrogen and oxygen atoms in total. The molecule has 0 amide bonds. The summed E-state index contributed by atoms with van der Waals surface area (Å²) < 4.78 is 0. The molecule has 0 spiro atoms. The van der Waals surface area contributed by atoms with Crippen LogP contribution in [0.25, 0.3) is 0 Å². The monoisotopic (exact) mass is 288 g/mol. The molecule has 0 saturated carbocycles. The van der Waals surface area contributed by atoms with E-state index in [9.17, 15) is 0 Å². The van der Waals surface area contributed by atoms with Gasteiger partial charge in [0.05, 0.1) is 0 Å². The average Bonchev–Trinajstić information content (AvgIpc) is 2.69. The highest BCUT2D eigenvalue weighted by atomic mass is 15.2. The predicted molar refractivity (Wildman–Crippen MR) is 86.8 cm³/mol. The van der Waals surface area contributed by atoms with E-state index in [1.54, 1.807) is 0 Å². The van der Waals surface area contributed by atoms with Crippen LogP contribution in [0.4, 0.5) is 5.82 Å². The van der Waals surface area contributed by atoms with Crippen LogP contribution < -0.4 is 5.32 Å². The van der Waals surface area contributed by atoms with Crippen molar-refractivity contribution in [3.05, 3.63) is 17.6 Å². The van der Waals surface area contributed by atoms with E-state index in [0.717, 1.165) is 30.3 Å². The smallest absolute Gasteiger partial charge is 0.134 e. The first-order valence-corrected chi connectivity index (χ1v) is 8.43. The molecular weight excluding hydrogens is 260 g/mol. The molecule has 4 heteroatoms. The summed E-state index contributed by atoms with van der Waals surface area (Å²) in [6.45, 7) is 7.44. The molecule has 2 unspecified atom stereocenters. The molecule has 0 radical (unpaired) electrons. The minimum Gasteiger partial charge on any atom is -0.370 e. The Morgan fingerprint density at radius 1 is 1.24 bits per heavy atom. The molecule has 0 aliphatic carbocycles. The van der Waals surface area contributed by atoms with E-state index in [1.807, 2.05) is 0 Å². The van der Waals surface area contributed by atoms with Crippen LogP contribution in [0.2, 0.25) is 0 Å². The molecule has 2 fully saturated rings. The Morgan fingerprint density at radius 3 is 2.48 bits per heavy atom. The molecule has 2 atom stereocenters. The van der Waals surface area contributed by atoms with Crippen molar-refractivity contribution in [2.75, 3.05) is 18.9 Å². The Kier molecular flexibility index (Phi) is 4.16. The Balaban J connectivity index is 1.87. The molecule has 21 heavy (non-hydrogen) atoms. The van der Waals surface area contributed by atoms with Gasteiger partial charge in [0.15, 0.2) is 0 Å². The van der Waals surface area contributed by atoms with Crippen LogP contribution >= 0.6 is 0 Å². The van der Waals surface area contributed by atoms with Gasteiger partial charge in [-0.2, -0.15) is 0 Å². The normalized spacial score (nSPS) is 29.1. The van der Waals surface area contributed by atoms with Crippen molar-refractivity contribution in [3.8, 4) is 0 Å². The number of nitrogens with zero attached hydrogens (tertiary/aromatic N) is 3. The van der Waals surface area contributed by atoms with Gasteiger partial charge in [0, 0.05) is 36.3 Å². The number of anilines is 1. The van der Waals surface area contributed by atoms with Crippen LogP contribution in [0.5, 0.6) is 0 Å². The topological polar surface area (TPSA) is 41.1 Å². The summed E-state index contributed by atoms with van der Waals surface area (Å²) in [5.41, 5.74) is 1.17. The van der Waals surface area contributed by atoms with Gasteiger partial charge in [0.25, 0.3) is 0 Å². The lowest BCUT2D eigenvalue weighted by Gasteiger charge is -2.35. The quantitative estimate of drug-likeness (QED) is 0.922. The summed E-state index contributed by atoms with van der Waals surface area (Å²) in [4.78, 5) is 12.3. The number of hydrogen-bond donors (Lipinski definition) is 1. The van der Waals surface area contributed by atoms with E-state index >= 15 is 0 Å². The Labute approximate surface area is 128 Å². The lowest BCUT2D eigenvalue weighted by molar-refractivity contribution is 0.159. The van der Waals surface area contributed by atoms with Gasteiger partial charge in [0.2, 0.25) is 0 Å². The second-order valence-corrected chi connectivity index (χ2v) is 6.94. The van der Waals surface area contributed by atoms with Gasteiger partial charge < -0.3 is 10.2 Å². The molecule has 2 aliphatic heterocycles. The summed E-state index contributed by atoms with van der Waals surface area (Å²) in [6.07, 6.45) is 5.14. The van der Waals surface area contributed by atoms with Crippen molar-refractivity contribution in [1.29, 1.82) is 0 Å². The van der Waals surface area contributed by atoms with Gasteiger partial charge in [-0.25, -0.2) is 9.97 Å². The molecule has 1 aromatic rings. The van der Waals surface area contributed by atoms with Crippen LogP contribution in [0, 0.1) is 0 Å². The van der Waals surface area contributed by atoms with Crippen LogP contribution in [-0.4, -0.2) is 40.5 Å². The number of aromatic nitrogens is 2. The average molecular weight is 288 g/mol. The fourth-order valence-corrected chi connectivity index (χ4v) is 3.86. The van der Waals surface area contributed by atoms with E-state index in [0.29, 0.717) is 11.8 Å². The molecule has 2 saturated heterocycles. The first-order chi connectivity index (χ1) is 10.1. The number of hydrogen-bond acceptors (Lipinski definition) is 4. The second-order valence-electron chi connectivity index (χ2n) is 6.94. The van der Waals surface area contributed by atoms with Gasteiger partial charge in [-0.3, -0.25) is 0 Å². The summed E-state index contributed by atoms with van der Waals surface area (Å²) in [5, 5.41) is 3.37. The summed E-state index contributed by atoms with van der Waals surface area (Å²) >= 11 is 0. The van der Waals surface area contributed by atoms with Crippen LogP contribution in [0.15, 0.2) is 6.07 Å². The molecule has 1 aromatic heterocycles. The maximum absolute atomic E-state index is 4.89. The van der Waals surface area contributed by atoms with Gasteiger partial charge in [-0.15, -0.1) is 0 Å². The lowest BCUT2D eigenvalue weighted by Crippen LogP contribution is -2.39. The molecule has 1 N–H and O–H groups in total. The van der Waals surface area contributed by atoms with Crippen molar-refractivity contribution in [1.82, 2.24) is 14.9 Å². The summed E-state index contributed by atoms with van der Waals surface area (Å²) in [6, 6.07) is 3.59. The number of nitrogens with one attached hydrogen (secondary N) is 1. The first-order valence-electron chi connectivity index (χ1n) is 8.43. The third kappa shape index (κ3) is 2.91. The minimum absolute atomic E-state index is 0.451. The van der Waals surface area contributed by atoms with Crippen LogP contribution in [-0.2, 0) is 0 Å². The van der Waals surface area contributed by atoms with Crippen molar-refractivity contribution in [3.63, 3.8) is 0 Å². The second kappa shape index (κ2) is 5.91. The maximum Gasteiger partial charge on any atom is 0.134 e. The highest BCUT2D eigenvalue weighted by molar-refractivity contribution is 5.37. The fourth-order valence-electron chi connectivity index (χ4n) is 3.86. The van der Waals surface area contributed by atoms with Crippen molar-refractivity contribution >= 4 is 5.82 Å². The van der Waals surface area contributed by atoms with Crippen LogP contribution in [0.3, 0.4) is 0 Å². The molecule has 2 bridgehead atoms. The van der Waals surface area contributed by atoms with Gasteiger partial charge in [-0.05, 0) is 45.6 Å². The van der Waals surface area contributed by atoms with E-state index in [2.05, 4.69) is 44.1 Å². The Morgan fingerprint density at radius 2 is 1.90 bits per heavy atom. The zero-order chi connectivity index (χ0) is 15.0. The Hall–Kier alpha value is -1.16. The summed E-state index contributed by atoms with van der Waals surface area (Å²) in [5.74, 6) is 3.06. The highest BCUT2D eigenvalue weighted by Gasteiger charge is 2.39. The number of piperidine rings is 1. The molecule has 0 aromatic carbocycles. The fraction of sp³-hybridized carbons (Fsp3) is 0.765. The van der Waals surface area contributed by atoms with Crippen molar-refractivity contribution in [2.45, 2.75) is 70.4 Å². The predicted octanol–water partition coefficient (Wildman–Crippen LogP) is 3.37. The molecular formula is C17H28N4.